The highest BCUT2D eigenvalue weighted by Crippen LogP contribution is 2.32. The molecule has 118 valence electrons. The molecule has 26 heavy (non-hydrogen) atoms. The fraction of sp³-hybridized carbons (Fsp3) is 0. The summed E-state index contributed by atoms with van der Waals surface area (Å²) < 4.78 is 0. The average molecular weight is 330 g/mol. The Hall–Kier alpha value is -3.84. The zero-order chi connectivity index (χ0) is 17.1. The van der Waals surface area contributed by atoms with Crippen LogP contribution in [0.25, 0.3) is 54.6 Å². The first-order chi connectivity index (χ1) is 12.9. The lowest BCUT2D eigenvalue weighted by molar-refractivity contribution is 1.36. The van der Waals surface area contributed by atoms with E-state index < -0.39 is 0 Å². The molecule has 0 radical (unpaired) electrons. The van der Waals surface area contributed by atoms with Crippen molar-refractivity contribution >= 4 is 54.6 Å². The van der Waals surface area contributed by atoms with E-state index >= 15 is 0 Å². The largest absolute Gasteiger partial charge is 0.254 e. The maximum atomic E-state index is 4.95. The van der Waals surface area contributed by atoms with Crippen LogP contribution < -0.4 is 0 Å². The summed E-state index contributed by atoms with van der Waals surface area (Å²) in [7, 11) is 0. The van der Waals surface area contributed by atoms with Gasteiger partial charge in [0.25, 0.3) is 0 Å². The summed E-state index contributed by atoms with van der Waals surface area (Å²) in [4.78, 5) is 19.0. The maximum absolute atomic E-state index is 4.95. The second-order valence-electron chi connectivity index (χ2n) is 6.25. The summed E-state index contributed by atoms with van der Waals surface area (Å²) in [5, 5.41) is 4.00. The van der Waals surface area contributed by atoms with Crippen molar-refractivity contribution in [3.63, 3.8) is 0 Å². The molecule has 0 spiro atoms. The van der Waals surface area contributed by atoms with Crippen LogP contribution in [0.1, 0.15) is 0 Å². The van der Waals surface area contributed by atoms with E-state index in [1.807, 2.05) is 42.5 Å². The van der Waals surface area contributed by atoms with E-state index in [4.69, 9.17) is 9.97 Å². The molecule has 3 aromatic heterocycles. The van der Waals surface area contributed by atoms with E-state index in [0.29, 0.717) is 0 Å². The highest BCUT2D eigenvalue weighted by atomic mass is 14.8. The number of hydrogen-bond donors (Lipinski definition) is 0. The minimum absolute atomic E-state index is 0.842. The minimum atomic E-state index is 0.842. The topological polar surface area (TPSA) is 51.6 Å². The van der Waals surface area contributed by atoms with E-state index in [0.717, 1.165) is 54.6 Å². The number of hydrogen-bond acceptors (Lipinski definition) is 4. The molecule has 0 saturated heterocycles. The Bertz CT molecular complexity index is 1370. The molecule has 0 saturated carbocycles. The van der Waals surface area contributed by atoms with Crippen molar-refractivity contribution in [2.24, 2.45) is 0 Å². The van der Waals surface area contributed by atoms with Crippen LogP contribution in [0.5, 0.6) is 0 Å². The molecule has 0 aliphatic heterocycles. The van der Waals surface area contributed by atoms with Crippen molar-refractivity contribution in [3.8, 4) is 0 Å². The van der Waals surface area contributed by atoms with Gasteiger partial charge < -0.3 is 0 Å². The van der Waals surface area contributed by atoms with Crippen LogP contribution in [0.3, 0.4) is 0 Å². The Kier molecular flexibility index (Phi) is 2.50. The Morgan fingerprint density at radius 3 is 2.04 bits per heavy atom. The van der Waals surface area contributed by atoms with Gasteiger partial charge in [0.2, 0.25) is 0 Å². The van der Waals surface area contributed by atoms with Gasteiger partial charge in [-0.1, -0.05) is 12.1 Å². The lowest BCUT2D eigenvalue weighted by atomic mass is 10.1. The molecule has 0 fully saturated rings. The Morgan fingerprint density at radius 2 is 1.35 bits per heavy atom. The monoisotopic (exact) mass is 330 g/mol. The predicted molar refractivity (Wildman–Crippen MR) is 103 cm³/mol. The number of aromatic nitrogens is 4. The van der Waals surface area contributed by atoms with Gasteiger partial charge in [-0.2, -0.15) is 0 Å². The average Bonchev–Trinajstić information content (AvgIpc) is 2.71. The molecule has 6 aromatic rings. The third kappa shape index (κ3) is 1.74. The van der Waals surface area contributed by atoms with Crippen LogP contribution in [0.4, 0.5) is 0 Å². The van der Waals surface area contributed by atoms with Crippen molar-refractivity contribution in [3.05, 3.63) is 73.1 Å². The van der Waals surface area contributed by atoms with Gasteiger partial charge in [0, 0.05) is 28.6 Å². The maximum Gasteiger partial charge on any atom is 0.0996 e. The SMILES string of the molecule is c1ccc2cc3nc4c5cccnc5c5ncccc5c4nc3cc2c#1. The smallest absolute Gasteiger partial charge is 0.0996 e. The van der Waals surface area contributed by atoms with Crippen LogP contribution >= 0.6 is 0 Å². The second kappa shape index (κ2) is 4.84. The fourth-order valence-electron chi connectivity index (χ4n) is 3.56. The number of rotatable bonds is 0. The first kappa shape index (κ1) is 13.5. The lowest BCUT2D eigenvalue weighted by Gasteiger charge is -2.09. The van der Waals surface area contributed by atoms with Gasteiger partial charge >= 0.3 is 0 Å². The van der Waals surface area contributed by atoms with E-state index in [-0.39, 0.29) is 0 Å². The summed E-state index contributed by atoms with van der Waals surface area (Å²) in [5.74, 6) is 0. The Labute approximate surface area is 148 Å². The molecule has 3 aromatic carbocycles. The van der Waals surface area contributed by atoms with Crippen molar-refractivity contribution in [1.29, 1.82) is 0 Å². The minimum Gasteiger partial charge on any atom is -0.254 e. The highest BCUT2D eigenvalue weighted by Gasteiger charge is 2.13. The van der Waals surface area contributed by atoms with Gasteiger partial charge in [-0.3, -0.25) is 9.97 Å². The Morgan fingerprint density at radius 1 is 0.692 bits per heavy atom. The summed E-state index contributed by atoms with van der Waals surface area (Å²) in [6.45, 7) is 0. The third-order valence-corrected chi connectivity index (χ3v) is 4.74. The van der Waals surface area contributed by atoms with Gasteiger partial charge in [-0.25, -0.2) is 9.97 Å². The molecule has 0 atom stereocenters. The molecule has 0 aliphatic rings. The van der Waals surface area contributed by atoms with Gasteiger partial charge in [0.15, 0.2) is 0 Å². The molecule has 0 unspecified atom stereocenters. The van der Waals surface area contributed by atoms with Gasteiger partial charge in [0.1, 0.15) is 0 Å². The van der Waals surface area contributed by atoms with E-state index in [1.165, 1.54) is 0 Å². The third-order valence-electron chi connectivity index (χ3n) is 4.74. The van der Waals surface area contributed by atoms with Crippen molar-refractivity contribution < 1.29 is 0 Å². The summed E-state index contributed by atoms with van der Waals surface area (Å²) in [6.07, 6.45) is 3.58. The predicted octanol–water partition coefficient (Wildman–Crippen LogP) is 4.63. The molecular formula is C22H10N4. The Balaban J connectivity index is 1.91. The van der Waals surface area contributed by atoms with Crippen LogP contribution in [0.15, 0.2) is 60.9 Å². The fourth-order valence-corrected chi connectivity index (χ4v) is 3.56. The van der Waals surface area contributed by atoms with Gasteiger partial charge in [0.05, 0.1) is 33.1 Å². The molecule has 0 aliphatic carbocycles. The highest BCUT2D eigenvalue weighted by molar-refractivity contribution is 6.21. The zero-order valence-corrected chi connectivity index (χ0v) is 13.6. The van der Waals surface area contributed by atoms with Crippen molar-refractivity contribution in [2.45, 2.75) is 0 Å². The summed E-state index contributed by atoms with van der Waals surface area (Å²) >= 11 is 0. The molecule has 0 amide bonds. The number of nitrogens with zero attached hydrogens (tertiary/aromatic N) is 4. The van der Waals surface area contributed by atoms with Crippen LogP contribution in [-0.2, 0) is 0 Å². The lowest BCUT2D eigenvalue weighted by Crippen LogP contribution is -1.93. The molecule has 6 rings (SSSR count). The van der Waals surface area contributed by atoms with Crippen molar-refractivity contribution in [1.82, 2.24) is 19.9 Å². The molecule has 3 heterocycles. The van der Waals surface area contributed by atoms with Crippen molar-refractivity contribution in [2.75, 3.05) is 0 Å². The number of benzene rings is 2. The summed E-state index contributed by atoms with van der Waals surface area (Å²) in [6, 6.07) is 22.0. The first-order valence-corrected chi connectivity index (χ1v) is 8.33. The van der Waals surface area contributed by atoms with Crippen LogP contribution in [0.2, 0.25) is 0 Å². The quantitative estimate of drug-likeness (QED) is 0.301. The zero-order valence-electron chi connectivity index (χ0n) is 13.6. The molecule has 0 bridgehead atoms. The van der Waals surface area contributed by atoms with E-state index in [1.54, 1.807) is 12.4 Å². The normalized spacial score (nSPS) is 11.5. The molecule has 0 N–H and O–H groups in total. The van der Waals surface area contributed by atoms with Gasteiger partial charge in [-0.05, 0) is 53.9 Å². The van der Waals surface area contributed by atoms with E-state index in [2.05, 4.69) is 28.2 Å². The van der Waals surface area contributed by atoms with Crippen LogP contribution in [-0.4, -0.2) is 19.9 Å². The molecule has 4 nitrogen and oxygen atoms in total. The standard InChI is InChI=1S/C22H10N4/c1-2-6-14-12-18-17(11-13(14)5-1)25-21-15-7-3-9-23-19(15)20-16(22(21)26-18)8-4-10-24-20/h1,3-5,7-12H. The number of fused-ring (bicyclic) bond motifs is 8. The molecular weight excluding hydrogens is 320 g/mol. The summed E-state index contributed by atoms with van der Waals surface area (Å²) in [5.41, 5.74) is 5.11. The van der Waals surface area contributed by atoms with Crippen LogP contribution in [0, 0.1) is 12.1 Å². The van der Waals surface area contributed by atoms with E-state index in [9.17, 15) is 0 Å². The second-order valence-corrected chi connectivity index (χ2v) is 6.25. The number of pyridine rings is 2. The van der Waals surface area contributed by atoms with Gasteiger partial charge in [-0.15, -0.1) is 0 Å². The molecule has 4 heteroatoms. The first-order valence-electron chi connectivity index (χ1n) is 8.33.